The lowest BCUT2D eigenvalue weighted by Gasteiger charge is -2.13. The monoisotopic (exact) mass is 355 g/mol. The first-order valence-corrected chi connectivity index (χ1v) is 9.27. The summed E-state index contributed by atoms with van der Waals surface area (Å²) in [6, 6.07) is 0. The van der Waals surface area contributed by atoms with Crippen molar-refractivity contribution in [3.63, 3.8) is 0 Å². The van der Waals surface area contributed by atoms with Gasteiger partial charge in [0.15, 0.2) is 11.5 Å². The van der Waals surface area contributed by atoms with Crippen molar-refractivity contribution < 1.29 is 18.7 Å². The van der Waals surface area contributed by atoms with Crippen molar-refractivity contribution in [1.82, 2.24) is 19.5 Å². The van der Waals surface area contributed by atoms with Crippen LogP contribution in [0.1, 0.15) is 20.3 Å². The van der Waals surface area contributed by atoms with E-state index in [1.807, 2.05) is 0 Å². The van der Waals surface area contributed by atoms with E-state index in [1.54, 1.807) is 24.7 Å². The predicted octanol–water partition coefficient (Wildman–Crippen LogP) is 1.94. The number of aliphatic hydroxyl groups excluding tert-OH is 1. The molecule has 0 aliphatic heterocycles. The first-order chi connectivity index (χ1) is 11.5. The van der Waals surface area contributed by atoms with Crippen molar-refractivity contribution in [2.45, 2.75) is 32.9 Å². The molecular formula is C14H22N5O4P. The molecule has 0 aliphatic carbocycles. The number of aromatic nitrogens is 4. The number of fused-ring (bicyclic) bond motifs is 1. The molecule has 2 heterocycles. The lowest BCUT2D eigenvalue weighted by Crippen LogP contribution is -2.08. The summed E-state index contributed by atoms with van der Waals surface area (Å²) in [6.45, 7) is 4.45. The molecule has 24 heavy (non-hydrogen) atoms. The Bertz CT molecular complexity index is 738. The van der Waals surface area contributed by atoms with Gasteiger partial charge in [-0.1, -0.05) is 0 Å². The van der Waals surface area contributed by atoms with Gasteiger partial charge in [0, 0.05) is 12.4 Å². The van der Waals surface area contributed by atoms with Crippen LogP contribution >= 0.6 is 7.60 Å². The Kier molecular flexibility index (Phi) is 6.44. The van der Waals surface area contributed by atoms with Crippen molar-refractivity contribution >= 4 is 24.6 Å². The van der Waals surface area contributed by atoms with Gasteiger partial charge in [-0.05, 0) is 26.3 Å². The largest absolute Gasteiger partial charge is 0.389 e. The highest BCUT2D eigenvalue weighted by Crippen LogP contribution is 2.49. The molecule has 2 rings (SSSR count). The molecule has 1 atom stereocenters. The molecule has 0 unspecified atom stereocenters. The topological polar surface area (TPSA) is 125 Å². The van der Waals surface area contributed by atoms with Crippen molar-refractivity contribution in [3.05, 3.63) is 24.5 Å². The Morgan fingerprint density at radius 1 is 1.33 bits per heavy atom. The van der Waals surface area contributed by atoms with Gasteiger partial charge in [0.2, 0.25) is 0 Å². The zero-order valence-electron chi connectivity index (χ0n) is 13.7. The van der Waals surface area contributed by atoms with Gasteiger partial charge in [-0.3, -0.25) is 4.57 Å². The Morgan fingerprint density at radius 3 is 2.71 bits per heavy atom. The van der Waals surface area contributed by atoms with Crippen molar-refractivity contribution in [2.75, 3.05) is 18.9 Å². The number of aryl methyl sites for hydroxylation is 1. The third-order valence-electron chi connectivity index (χ3n) is 3.20. The second-order valence-electron chi connectivity index (χ2n) is 4.94. The highest BCUT2D eigenvalue weighted by Gasteiger charge is 2.19. The fraction of sp³-hybridized carbons (Fsp3) is 0.500. The van der Waals surface area contributed by atoms with Crippen LogP contribution in [0.3, 0.4) is 0 Å². The number of hydrogen-bond donors (Lipinski definition) is 2. The van der Waals surface area contributed by atoms with Gasteiger partial charge in [-0.15, -0.1) is 0 Å². The highest BCUT2D eigenvalue weighted by atomic mass is 31.2. The smallest absolute Gasteiger partial charge is 0.353 e. The van der Waals surface area contributed by atoms with Crippen LogP contribution in [0, 0.1) is 0 Å². The van der Waals surface area contributed by atoms with Crippen LogP contribution in [0.5, 0.6) is 0 Å². The van der Waals surface area contributed by atoms with Crippen LogP contribution < -0.4 is 5.73 Å². The minimum absolute atomic E-state index is 0.264. The molecule has 0 amide bonds. The second kappa shape index (κ2) is 8.34. The first kappa shape index (κ1) is 18.5. The summed E-state index contributed by atoms with van der Waals surface area (Å²) in [5.74, 6) is 1.62. The normalized spacial score (nSPS) is 13.8. The number of nitrogens with zero attached hydrogens (tertiary/aromatic N) is 4. The number of imidazole rings is 1. The summed E-state index contributed by atoms with van der Waals surface area (Å²) < 4.78 is 24.3. The number of hydrogen-bond acceptors (Lipinski definition) is 8. The molecule has 0 bridgehead atoms. The van der Waals surface area contributed by atoms with Crippen LogP contribution in [0.15, 0.2) is 24.5 Å². The molecule has 0 saturated carbocycles. The quantitative estimate of drug-likeness (QED) is 0.654. The molecule has 0 radical (unpaired) electrons. The van der Waals surface area contributed by atoms with E-state index in [9.17, 15) is 9.67 Å². The summed E-state index contributed by atoms with van der Waals surface area (Å²) in [6.07, 6.45) is 3.96. The Morgan fingerprint density at radius 2 is 2.04 bits per heavy atom. The molecule has 0 spiro atoms. The zero-order valence-corrected chi connectivity index (χ0v) is 14.6. The molecule has 0 fully saturated rings. The van der Waals surface area contributed by atoms with E-state index in [1.165, 1.54) is 18.2 Å². The number of rotatable bonds is 9. The highest BCUT2D eigenvalue weighted by molar-refractivity contribution is 7.57. The molecule has 2 aromatic heterocycles. The van der Waals surface area contributed by atoms with Crippen molar-refractivity contribution in [2.24, 2.45) is 0 Å². The summed E-state index contributed by atoms with van der Waals surface area (Å²) in [7, 11) is -3.30. The van der Waals surface area contributed by atoms with E-state index in [4.69, 9.17) is 14.8 Å². The molecule has 0 aromatic carbocycles. The maximum absolute atomic E-state index is 12.3. The van der Waals surface area contributed by atoms with Crippen molar-refractivity contribution in [1.29, 1.82) is 0 Å². The molecule has 0 aliphatic rings. The molecule has 9 nitrogen and oxygen atoms in total. The van der Waals surface area contributed by atoms with E-state index in [0.29, 0.717) is 29.9 Å². The molecule has 0 saturated heterocycles. The third-order valence-corrected chi connectivity index (χ3v) is 4.98. The van der Waals surface area contributed by atoms with Crippen LogP contribution in [0.4, 0.5) is 5.82 Å². The van der Waals surface area contributed by atoms with Crippen molar-refractivity contribution in [3.8, 4) is 0 Å². The number of nitrogens with two attached hydrogens (primary N) is 1. The average Bonchev–Trinajstić information content (AvgIpc) is 2.96. The lowest BCUT2D eigenvalue weighted by molar-refractivity contribution is 0.204. The summed E-state index contributed by atoms with van der Waals surface area (Å²) in [4.78, 5) is 12.2. The zero-order chi connectivity index (χ0) is 17.6. The van der Waals surface area contributed by atoms with Gasteiger partial charge in [0.05, 0.1) is 25.6 Å². The van der Waals surface area contributed by atoms with E-state index in [2.05, 4.69) is 15.0 Å². The molecule has 132 valence electrons. The summed E-state index contributed by atoms with van der Waals surface area (Å²) in [5.41, 5.74) is 6.86. The maximum atomic E-state index is 12.3. The van der Waals surface area contributed by atoms with E-state index in [-0.39, 0.29) is 13.2 Å². The van der Waals surface area contributed by atoms with Gasteiger partial charge in [0.1, 0.15) is 11.8 Å². The molecular weight excluding hydrogens is 333 g/mol. The maximum Gasteiger partial charge on any atom is 0.353 e. The number of aliphatic hydroxyl groups is 1. The Balaban J connectivity index is 1.99. The van der Waals surface area contributed by atoms with Crippen LogP contribution in [-0.2, 0) is 20.2 Å². The number of nitrogen functional groups attached to an aromatic ring is 1. The molecule has 2 aromatic rings. The van der Waals surface area contributed by atoms with E-state index in [0.717, 1.165) is 0 Å². The SMILES string of the molecule is CCOP(=O)(/C=C/[C@H](O)CCn1cnc2c(N)ncnc21)OCC. The third kappa shape index (κ3) is 4.61. The fourth-order valence-electron chi connectivity index (χ4n) is 2.12. The second-order valence-corrected chi connectivity index (χ2v) is 6.84. The molecule has 10 heteroatoms. The van der Waals surface area contributed by atoms with Crippen LogP contribution in [0.2, 0.25) is 0 Å². The fourth-order valence-corrected chi connectivity index (χ4v) is 3.49. The standard InChI is InChI=1S/C14H22N5O4P/c1-3-22-24(21,23-4-2)8-6-11(20)5-7-19-10-18-12-13(15)16-9-17-14(12)19/h6,8-11,20H,3-5,7H2,1-2H3,(H2,15,16,17)/b8-6+/t11-/m1/s1. The van der Waals surface area contributed by atoms with Crippen LogP contribution in [-0.4, -0.2) is 43.9 Å². The first-order valence-electron chi connectivity index (χ1n) is 7.66. The lowest BCUT2D eigenvalue weighted by atomic mass is 10.2. The summed E-state index contributed by atoms with van der Waals surface area (Å²) in [5, 5.41) is 10.1. The summed E-state index contributed by atoms with van der Waals surface area (Å²) >= 11 is 0. The van der Waals surface area contributed by atoms with Gasteiger partial charge >= 0.3 is 7.60 Å². The van der Waals surface area contributed by atoms with Gasteiger partial charge in [-0.25, -0.2) is 15.0 Å². The molecule has 3 N–H and O–H groups in total. The van der Waals surface area contributed by atoms with E-state index >= 15 is 0 Å². The number of anilines is 1. The predicted molar refractivity (Wildman–Crippen MR) is 90.4 cm³/mol. The van der Waals surface area contributed by atoms with Crippen LogP contribution in [0.25, 0.3) is 11.2 Å². The minimum atomic E-state index is -3.30. The van der Waals surface area contributed by atoms with Gasteiger partial charge < -0.3 is 24.5 Å². The average molecular weight is 355 g/mol. The Labute approximate surface area is 140 Å². The van der Waals surface area contributed by atoms with E-state index < -0.39 is 13.7 Å². The van der Waals surface area contributed by atoms with Gasteiger partial charge in [0.25, 0.3) is 0 Å². The van der Waals surface area contributed by atoms with Gasteiger partial charge in [-0.2, -0.15) is 0 Å². The Hall–Kier alpha value is -1.80. The minimum Gasteiger partial charge on any atom is -0.389 e.